The first-order valence-electron chi connectivity index (χ1n) is 9.23. The van der Waals surface area contributed by atoms with Crippen molar-refractivity contribution in [3.63, 3.8) is 0 Å². The number of nitriles is 1. The number of carbonyl (C=O) groups is 2. The van der Waals surface area contributed by atoms with E-state index in [9.17, 15) is 14.9 Å². The average Bonchev–Trinajstić information content (AvgIpc) is 2.81. The molecule has 0 unspecified atom stereocenters. The fraction of sp³-hybridized carbons (Fsp3) is 0.0800. The van der Waals surface area contributed by atoms with E-state index in [0.29, 0.717) is 22.4 Å². The number of rotatable bonds is 7. The summed E-state index contributed by atoms with van der Waals surface area (Å²) in [5.41, 5.74) is 2.43. The second-order valence-electron chi connectivity index (χ2n) is 6.38. The number of ketones is 1. The Morgan fingerprint density at radius 2 is 1.57 bits per heavy atom. The third-order valence-corrected chi connectivity index (χ3v) is 4.39. The molecule has 0 bridgehead atoms. The normalized spacial score (nSPS) is 10.7. The molecule has 0 aliphatic heterocycles. The summed E-state index contributed by atoms with van der Waals surface area (Å²) in [6.07, 6.45) is 1.53. The highest BCUT2D eigenvalue weighted by molar-refractivity contribution is 6.14. The van der Waals surface area contributed by atoms with Crippen LogP contribution in [0.15, 0.2) is 84.4 Å². The fourth-order valence-corrected chi connectivity index (χ4v) is 2.80. The van der Waals surface area contributed by atoms with Crippen molar-refractivity contribution >= 4 is 17.8 Å². The lowest BCUT2D eigenvalue weighted by molar-refractivity contribution is 0.0600. The molecule has 0 amide bonds. The van der Waals surface area contributed by atoms with E-state index in [-0.39, 0.29) is 18.0 Å². The summed E-state index contributed by atoms with van der Waals surface area (Å²) in [6.45, 7) is 0.265. The van der Waals surface area contributed by atoms with Crippen LogP contribution in [0.1, 0.15) is 31.8 Å². The molecule has 148 valence electrons. The van der Waals surface area contributed by atoms with E-state index in [4.69, 9.17) is 4.74 Å². The minimum atomic E-state index is -0.398. The Morgan fingerprint density at radius 3 is 2.23 bits per heavy atom. The van der Waals surface area contributed by atoms with E-state index >= 15 is 0 Å². The first kappa shape index (κ1) is 20.6. The van der Waals surface area contributed by atoms with E-state index in [2.05, 4.69) is 4.74 Å². The molecule has 0 heterocycles. The zero-order chi connectivity index (χ0) is 21.3. The number of benzene rings is 3. The second-order valence-corrected chi connectivity index (χ2v) is 6.38. The molecule has 30 heavy (non-hydrogen) atoms. The van der Waals surface area contributed by atoms with Gasteiger partial charge < -0.3 is 9.47 Å². The Labute approximate surface area is 174 Å². The lowest BCUT2D eigenvalue weighted by Gasteiger charge is -2.10. The number of Topliss-reactive ketones (excluding diaryl/α,β-unsaturated/α-hetero) is 1. The molecule has 0 atom stereocenters. The van der Waals surface area contributed by atoms with Crippen molar-refractivity contribution < 1.29 is 19.1 Å². The number of methoxy groups -OCH3 is 1. The molecule has 0 N–H and O–H groups in total. The van der Waals surface area contributed by atoms with Crippen LogP contribution in [0.2, 0.25) is 0 Å². The summed E-state index contributed by atoms with van der Waals surface area (Å²) in [5.74, 6) is -0.195. The summed E-state index contributed by atoms with van der Waals surface area (Å²) in [6, 6.07) is 24.7. The molecule has 3 aromatic rings. The van der Waals surface area contributed by atoms with Gasteiger partial charge in [0.1, 0.15) is 24.0 Å². The van der Waals surface area contributed by atoms with Crippen molar-refractivity contribution in [1.29, 1.82) is 5.26 Å². The lowest BCUT2D eigenvalue weighted by Crippen LogP contribution is -2.03. The van der Waals surface area contributed by atoms with Gasteiger partial charge in [0.15, 0.2) is 0 Å². The molecule has 0 saturated carbocycles. The van der Waals surface area contributed by atoms with Gasteiger partial charge in [0, 0.05) is 11.1 Å². The Bertz CT molecular complexity index is 1110. The van der Waals surface area contributed by atoms with E-state index in [0.717, 1.165) is 5.56 Å². The smallest absolute Gasteiger partial charge is 0.337 e. The van der Waals surface area contributed by atoms with Gasteiger partial charge in [0.25, 0.3) is 0 Å². The number of nitrogens with zero attached hydrogens (tertiary/aromatic N) is 1. The SMILES string of the molecule is COC(=O)c1ccc(COc2ccccc2/C=C(\C#N)C(=O)c2ccccc2)cc1. The fourth-order valence-electron chi connectivity index (χ4n) is 2.80. The molecule has 0 aromatic heterocycles. The number of hydrogen-bond donors (Lipinski definition) is 0. The number of ether oxygens (including phenoxy) is 2. The predicted molar refractivity (Wildman–Crippen MR) is 113 cm³/mol. The number of hydrogen-bond acceptors (Lipinski definition) is 5. The van der Waals surface area contributed by atoms with Crippen LogP contribution in [-0.4, -0.2) is 18.9 Å². The van der Waals surface area contributed by atoms with Crippen molar-refractivity contribution in [3.05, 3.63) is 107 Å². The van der Waals surface area contributed by atoms with Crippen molar-refractivity contribution in [3.8, 4) is 11.8 Å². The lowest BCUT2D eigenvalue weighted by atomic mass is 10.0. The van der Waals surface area contributed by atoms with Crippen LogP contribution in [0, 0.1) is 11.3 Å². The van der Waals surface area contributed by atoms with Crippen molar-refractivity contribution in [1.82, 2.24) is 0 Å². The number of para-hydroxylation sites is 1. The maximum absolute atomic E-state index is 12.6. The van der Waals surface area contributed by atoms with Crippen LogP contribution in [0.3, 0.4) is 0 Å². The molecule has 0 saturated heterocycles. The Hall–Kier alpha value is -4.17. The van der Waals surface area contributed by atoms with Gasteiger partial charge in [0.05, 0.1) is 12.7 Å². The molecule has 0 fully saturated rings. The highest BCUT2D eigenvalue weighted by Gasteiger charge is 2.13. The van der Waals surface area contributed by atoms with Gasteiger partial charge in [-0.3, -0.25) is 4.79 Å². The van der Waals surface area contributed by atoms with Gasteiger partial charge in [0.2, 0.25) is 5.78 Å². The van der Waals surface area contributed by atoms with E-state index in [1.54, 1.807) is 60.7 Å². The molecular weight excluding hydrogens is 378 g/mol. The molecule has 5 nitrogen and oxygen atoms in total. The van der Waals surface area contributed by atoms with Crippen molar-refractivity contribution in [2.24, 2.45) is 0 Å². The Balaban J connectivity index is 1.78. The third-order valence-electron chi connectivity index (χ3n) is 4.39. The number of esters is 1. The third kappa shape index (κ3) is 5.00. The second kappa shape index (κ2) is 9.85. The topological polar surface area (TPSA) is 76.4 Å². The van der Waals surface area contributed by atoms with Crippen molar-refractivity contribution in [2.45, 2.75) is 6.61 Å². The van der Waals surface area contributed by atoms with Gasteiger partial charge in [-0.2, -0.15) is 5.26 Å². The molecule has 3 aromatic carbocycles. The van der Waals surface area contributed by atoms with Gasteiger partial charge in [-0.05, 0) is 29.8 Å². The quantitative estimate of drug-likeness (QED) is 0.247. The summed E-state index contributed by atoms with van der Waals surface area (Å²) in [7, 11) is 1.34. The molecule has 0 aliphatic rings. The van der Waals surface area contributed by atoms with Crippen LogP contribution < -0.4 is 4.74 Å². The molecule has 0 aliphatic carbocycles. The minimum absolute atomic E-state index is 0.0275. The van der Waals surface area contributed by atoms with Gasteiger partial charge >= 0.3 is 5.97 Å². The van der Waals surface area contributed by atoms with Gasteiger partial charge in [-0.1, -0.05) is 60.7 Å². The first-order valence-corrected chi connectivity index (χ1v) is 9.23. The summed E-state index contributed by atoms with van der Waals surface area (Å²) in [5, 5.41) is 9.49. The van der Waals surface area contributed by atoms with Crippen LogP contribution in [-0.2, 0) is 11.3 Å². The Morgan fingerprint density at radius 1 is 0.900 bits per heavy atom. The monoisotopic (exact) mass is 397 g/mol. The van der Waals surface area contributed by atoms with E-state index in [1.807, 2.05) is 24.3 Å². The summed E-state index contributed by atoms with van der Waals surface area (Å²) in [4.78, 5) is 24.1. The zero-order valence-corrected chi connectivity index (χ0v) is 16.4. The Kier molecular flexibility index (Phi) is 6.75. The van der Waals surface area contributed by atoms with Crippen LogP contribution in [0.4, 0.5) is 0 Å². The molecule has 0 radical (unpaired) electrons. The van der Waals surface area contributed by atoms with Gasteiger partial charge in [-0.25, -0.2) is 4.79 Å². The van der Waals surface area contributed by atoms with Crippen LogP contribution in [0.5, 0.6) is 5.75 Å². The van der Waals surface area contributed by atoms with Crippen LogP contribution >= 0.6 is 0 Å². The van der Waals surface area contributed by atoms with E-state index in [1.165, 1.54) is 13.2 Å². The van der Waals surface area contributed by atoms with E-state index < -0.39 is 5.97 Å². The predicted octanol–water partition coefficient (Wildman–Crippen LogP) is 4.84. The molecule has 5 heteroatoms. The molecule has 3 rings (SSSR count). The summed E-state index contributed by atoms with van der Waals surface area (Å²) >= 11 is 0. The maximum Gasteiger partial charge on any atom is 0.337 e. The van der Waals surface area contributed by atoms with Crippen molar-refractivity contribution in [2.75, 3.05) is 7.11 Å². The van der Waals surface area contributed by atoms with Gasteiger partial charge in [-0.15, -0.1) is 0 Å². The minimum Gasteiger partial charge on any atom is -0.488 e. The highest BCUT2D eigenvalue weighted by Crippen LogP contribution is 2.23. The number of allylic oxidation sites excluding steroid dienone is 1. The highest BCUT2D eigenvalue weighted by atomic mass is 16.5. The molecular formula is C25H19NO4. The van der Waals surface area contributed by atoms with Crippen LogP contribution in [0.25, 0.3) is 6.08 Å². The maximum atomic E-state index is 12.6. The average molecular weight is 397 g/mol. The largest absolute Gasteiger partial charge is 0.488 e. The zero-order valence-electron chi connectivity index (χ0n) is 16.4. The summed E-state index contributed by atoms with van der Waals surface area (Å²) < 4.78 is 10.6. The first-order chi connectivity index (χ1) is 14.6. The number of carbonyl (C=O) groups excluding carboxylic acids is 2. The molecule has 0 spiro atoms. The standard InChI is InChI=1S/C25H19NO4/c1-29-25(28)20-13-11-18(12-14-20)17-30-23-10-6-5-9-21(23)15-22(16-26)24(27)19-7-3-2-4-8-19/h2-15H,17H2,1H3/b22-15+.